The number of hydrogen-bond donors (Lipinski definition) is 1. The summed E-state index contributed by atoms with van der Waals surface area (Å²) in [5, 5.41) is 8.45. The number of hydrogen-bond acceptors (Lipinski definition) is 8. The Morgan fingerprint density at radius 3 is 2.83 bits per heavy atom. The molecule has 2 N–H and O–H groups in total. The van der Waals surface area contributed by atoms with Crippen LogP contribution in [0.5, 0.6) is 0 Å². The molecular weight excluding hydrogens is 270 g/mol. The third kappa shape index (κ3) is 2.05. The Morgan fingerprint density at radius 1 is 1.28 bits per heavy atom. The highest BCUT2D eigenvalue weighted by Gasteiger charge is 2.15. The molecule has 0 saturated carbocycles. The van der Waals surface area contributed by atoms with Gasteiger partial charge in [-0.15, -0.1) is 22.7 Å². The van der Waals surface area contributed by atoms with Crippen LogP contribution in [0.3, 0.4) is 0 Å². The lowest BCUT2D eigenvalue weighted by atomic mass is 10.4. The van der Waals surface area contributed by atoms with Crippen molar-refractivity contribution in [3.63, 3.8) is 0 Å². The Bertz CT molecular complexity index is 643. The van der Waals surface area contributed by atoms with E-state index in [2.05, 4.69) is 20.1 Å². The van der Waals surface area contributed by atoms with Crippen molar-refractivity contribution in [2.45, 2.75) is 13.0 Å². The zero-order valence-corrected chi connectivity index (χ0v) is 11.0. The molecule has 1 unspecified atom stereocenters. The molecule has 0 aromatic carbocycles. The molecule has 0 fully saturated rings. The van der Waals surface area contributed by atoms with Crippen LogP contribution in [0.1, 0.15) is 18.0 Å². The standard InChI is InChI=1S/C10H9N5OS2/c1-5(11)10-13-7(3-18-10)9-14-8(15-16-9)6-2-17-4-12-6/h2-5H,11H2,1H3. The molecule has 0 radical (unpaired) electrons. The number of rotatable bonds is 3. The molecule has 8 heteroatoms. The van der Waals surface area contributed by atoms with E-state index in [1.165, 1.54) is 22.7 Å². The average Bonchev–Trinajstić information content (AvgIpc) is 3.10. The number of aromatic nitrogens is 4. The lowest BCUT2D eigenvalue weighted by Crippen LogP contribution is -2.03. The highest BCUT2D eigenvalue weighted by molar-refractivity contribution is 7.10. The summed E-state index contributed by atoms with van der Waals surface area (Å²) in [4.78, 5) is 12.7. The molecule has 3 rings (SSSR count). The summed E-state index contributed by atoms with van der Waals surface area (Å²) >= 11 is 2.97. The van der Waals surface area contributed by atoms with Gasteiger partial charge in [0.25, 0.3) is 5.89 Å². The zero-order valence-electron chi connectivity index (χ0n) is 9.40. The van der Waals surface area contributed by atoms with Gasteiger partial charge in [-0.2, -0.15) is 4.98 Å². The Hall–Kier alpha value is -1.64. The molecule has 1 atom stereocenters. The lowest BCUT2D eigenvalue weighted by Gasteiger charge is -1.95. The fraction of sp³-hybridized carbons (Fsp3) is 0.200. The van der Waals surface area contributed by atoms with Crippen molar-refractivity contribution in [3.05, 3.63) is 21.3 Å². The first-order valence-electron chi connectivity index (χ1n) is 5.17. The van der Waals surface area contributed by atoms with Gasteiger partial charge in [0.1, 0.15) is 16.4 Å². The number of nitrogens with two attached hydrogens (primary N) is 1. The highest BCUT2D eigenvalue weighted by Crippen LogP contribution is 2.25. The monoisotopic (exact) mass is 279 g/mol. The molecule has 0 saturated heterocycles. The van der Waals surface area contributed by atoms with Crippen molar-refractivity contribution < 1.29 is 4.52 Å². The van der Waals surface area contributed by atoms with E-state index in [0.717, 1.165) is 5.01 Å². The Kier molecular flexibility index (Phi) is 2.90. The fourth-order valence-electron chi connectivity index (χ4n) is 1.35. The summed E-state index contributed by atoms with van der Waals surface area (Å²) in [5.41, 5.74) is 8.84. The van der Waals surface area contributed by atoms with Crippen molar-refractivity contribution >= 4 is 22.7 Å². The van der Waals surface area contributed by atoms with E-state index in [1.54, 1.807) is 5.51 Å². The Balaban J connectivity index is 1.93. The van der Waals surface area contributed by atoms with Gasteiger partial charge in [0.2, 0.25) is 5.82 Å². The summed E-state index contributed by atoms with van der Waals surface area (Å²) in [6.07, 6.45) is 0. The maximum absolute atomic E-state index is 5.76. The molecule has 3 heterocycles. The first-order chi connectivity index (χ1) is 8.74. The average molecular weight is 279 g/mol. The molecule has 3 aromatic heterocycles. The first kappa shape index (κ1) is 11.5. The largest absolute Gasteiger partial charge is 0.332 e. The van der Waals surface area contributed by atoms with Crippen LogP contribution in [-0.4, -0.2) is 20.1 Å². The molecule has 0 bridgehead atoms. The molecule has 92 valence electrons. The smallest absolute Gasteiger partial charge is 0.277 e. The molecule has 0 spiro atoms. The van der Waals surface area contributed by atoms with Gasteiger partial charge in [0.15, 0.2) is 0 Å². The minimum atomic E-state index is -0.0929. The molecule has 6 nitrogen and oxygen atoms in total. The molecule has 18 heavy (non-hydrogen) atoms. The van der Waals surface area contributed by atoms with Crippen molar-refractivity contribution in [1.82, 2.24) is 20.1 Å². The normalized spacial score (nSPS) is 12.8. The van der Waals surface area contributed by atoms with E-state index >= 15 is 0 Å². The van der Waals surface area contributed by atoms with Gasteiger partial charge >= 0.3 is 0 Å². The number of nitrogens with zero attached hydrogens (tertiary/aromatic N) is 4. The van der Waals surface area contributed by atoms with E-state index in [0.29, 0.717) is 23.1 Å². The van der Waals surface area contributed by atoms with Gasteiger partial charge < -0.3 is 10.3 Å². The second-order valence-corrected chi connectivity index (χ2v) is 5.26. The molecular formula is C10H9N5OS2. The fourth-order valence-corrected chi connectivity index (χ4v) is 2.63. The van der Waals surface area contributed by atoms with E-state index in [-0.39, 0.29) is 6.04 Å². The SMILES string of the molecule is CC(N)c1nc(-c2nc(-c3cscn3)no2)cs1. The second-order valence-electron chi connectivity index (χ2n) is 3.66. The van der Waals surface area contributed by atoms with Crippen LogP contribution < -0.4 is 5.73 Å². The van der Waals surface area contributed by atoms with E-state index in [1.807, 2.05) is 17.7 Å². The van der Waals surface area contributed by atoms with Crippen LogP contribution in [0.2, 0.25) is 0 Å². The van der Waals surface area contributed by atoms with Crippen molar-refractivity contribution in [3.8, 4) is 23.1 Å². The van der Waals surface area contributed by atoms with Crippen LogP contribution in [-0.2, 0) is 0 Å². The number of thiazole rings is 2. The molecule has 0 aliphatic heterocycles. The summed E-state index contributed by atoms with van der Waals surface area (Å²) in [7, 11) is 0. The summed E-state index contributed by atoms with van der Waals surface area (Å²) in [6, 6.07) is -0.0929. The third-order valence-corrected chi connectivity index (χ3v) is 3.85. The van der Waals surface area contributed by atoms with E-state index in [4.69, 9.17) is 10.3 Å². The first-order valence-corrected chi connectivity index (χ1v) is 7.00. The van der Waals surface area contributed by atoms with Crippen LogP contribution in [0.25, 0.3) is 23.1 Å². The van der Waals surface area contributed by atoms with Gasteiger partial charge in [-0.05, 0) is 6.92 Å². The highest BCUT2D eigenvalue weighted by atomic mass is 32.1. The van der Waals surface area contributed by atoms with Crippen LogP contribution in [0, 0.1) is 0 Å². The van der Waals surface area contributed by atoms with Crippen molar-refractivity contribution in [1.29, 1.82) is 0 Å². The Labute approximate surface area is 111 Å². The second kappa shape index (κ2) is 4.56. The van der Waals surface area contributed by atoms with Crippen molar-refractivity contribution in [2.75, 3.05) is 0 Å². The molecule has 0 aliphatic carbocycles. The minimum absolute atomic E-state index is 0.0929. The third-order valence-electron chi connectivity index (χ3n) is 2.22. The molecule has 3 aromatic rings. The predicted octanol–water partition coefficient (Wildman–Crippen LogP) is 2.34. The van der Waals surface area contributed by atoms with Gasteiger partial charge in [-0.3, -0.25) is 0 Å². The van der Waals surface area contributed by atoms with Gasteiger partial charge in [0, 0.05) is 10.8 Å². The van der Waals surface area contributed by atoms with Gasteiger partial charge in [-0.1, -0.05) is 5.16 Å². The lowest BCUT2D eigenvalue weighted by molar-refractivity contribution is 0.431. The molecule has 0 aliphatic rings. The Morgan fingerprint density at radius 2 is 2.17 bits per heavy atom. The summed E-state index contributed by atoms with van der Waals surface area (Å²) < 4.78 is 5.17. The minimum Gasteiger partial charge on any atom is -0.332 e. The maximum atomic E-state index is 5.76. The molecule has 0 amide bonds. The predicted molar refractivity (Wildman–Crippen MR) is 69.1 cm³/mol. The van der Waals surface area contributed by atoms with Gasteiger partial charge in [-0.25, -0.2) is 9.97 Å². The van der Waals surface area contributed by atoms with Crippen molar-refractivity contribution in [2.24, 2.45) is 5.73 Å². The van der Waals surface area contributed by atoms with Gasteiger partial charge in [0.05, 0.1) is 11.6 Å². The topological polar surface area (TPSA) is 90.7 Å². The van der Waals surface area contributed by atoms with E-state index in [9.17, 15) is 0 Å². The van der Waals surface area contributed by atoms with Crippen LogP contribution in [0.4, 0.5) is 0 Å². The summed E-state index contributed by atoms with van der Waals surface area (Å²) in [5.74, 6) is 0.864. The quantitative estimate of drug-likeness (QED) is 0.791. The zero-order chi connectivity index (χ0) is 12.5. The summed E-state index contributed by atoms with van der Waals surface area (Å²) in [6.45, 7) is 1.89. The maximum Gasteiger partial charge on any atom is 0.277 e. The van der Waals surface area contributed by atoms with Crippen LogP contribution in [0.15, 0.2) is 20.8 Å². The van der Waals surface area contributed by atoms with E-state index < -0.39 is 0 Å². The van der Waals surface area contributed by atoms with Crippen LogP contribution >= 0.6 is 22.7 Å².